The molecule has 0 heterocycles. The van der Waals surface area contributed by atoms with E-state index < -0.39 is 0 Å². The van der Waals surface area contributed by atoms with Gasteiger partial charge >= 0.3 is 0 Å². The van der Waals surface area contributed by atoms with Crippen LogP contribution in [0.5, 0.6) is 0 Å². The first kappa shape index (κ1) is 26.1. The number of fused-ring (bicyclic) bond motifs is 2. The highest BCUT2D eigenvalue weighted by atomic mass is 14.9. The predicted octanol–water partition coefficient (Wildman–Crippen LogP) is 5.75. The Hall–Kier alpha value is -3.54. The van der Waals surface area contributed by atoms with Crippen molar-refractivity contribution >= 4 is 21.5 Å². The maximum atomic E-state index is 3.57. The van der Waals surface area contributed by atoms with E-state index in [1.807, 2.05) is 0 Å². The van der Waals surface area contributed by atoms with E-state index in [4.69, 9.17) is 0 Å². The fraction of sp³-hybridized carbons (Fsp3) is 0.235. The fourth-order valence-electron chi connectivity index (χ4n) is 4.93. The number of benzene rings is 5. The molecule has 4 nitrogen and oxygen atoms in total. The molecule has 0 aromatic heterocycles. The van der Waals surface area contributed by atoms with Gasteiger partial charge in [0.25, 0.3) is 0 Å². The van der Waals surface area contributed by atoms with Crippen LogP contribution >= 0.6 is 0 Å². The van der Waals surface area contributed by atoms with Crippen LogP contribution in [0, 0.1) is 0 Å². The van der Waals surface area contributed by atoms with E-state index in [0.29, 0.717) is 0 Å². The highest BCUT2D eigenvalue weighted by Crippen LogP contribution is 2.19. The van der Waals surface area contributed by atoms with E-state index in [2.05, 4.69) is 130 Å². The summed E-state index contributed by atoms with van der Waals surface area (Å²) in [4.78, 5) is 0. The number of nitrogens with one attached hydrogen (secondary N) is 4. The zero-order valence-corrected chi connectivity index (χ0v) is 22.0. The second kappa shape index (κ2) is 13.8. The molecule has 5 rings (SSSR count). The minimum absolute atomic E-state index is 0.891. The molecule has 0 radical (unpaired) electrons. The van der Waals surface area contributed by atoms with Gasteiger partial charge in [-0.05, 0) is 43.8 Å². The summed E-state index contributed by atoms with van der Waals surface area (Å²) in [6, 6.07) is 39.1. The van der Waals surface area contributed by atoms with Gasteiger partial charge in [-0.1, -0.05) is 109 Å². The molecule has 0 fully saturated rings. The summed E-state index contributed by atoms with van der Waals surface area (Å²) >= 11 is 0. The summed E-state index contributed by atoms with van der Waals surface area (Å²) in [5.74, 6) is 0. The zero-order chi connectivity index (χ0) is 25.8. The number of hydrogen-bond acceptors (Lipinski definition) is 4. The molecule has 0 saturated heterocycles. The Morgan fingerprint density at radius 1 is 0.342 bits per heavy atom. The molecule has 0 saturated carbocycles. The van der Waals surface area contributed by atoms with Crippen molar-refractivity contribution in [2.45, 2.75) is 26.2 Å². The van der Waals surface area contributed by atoms with Crippen molar-refractivity contribution in [2.75, 3.05) is 26.2 Å². The Bertz CT molecular complexity index is 1310. The van der Waals surface area contributed by atoms with Crippen molar-refractivity contribution in [1.29, 1.82) is 0 Å². The molecule has 194 valence electrons. The van der Waals surface area contributed by atoms with Gasteiger partial charge in [0.05, 0.1) is 0 Å². The van der Waals surface area contributed by atoms with Gasteiger partial charge in [-0.3, -0.25) is 0 Å². The minimum atomic E-state index is 0.891. The van der Waals surface area contributed by atoms with Crippen molar-refractivity contribution in [3.8, 4) is 0 Å². The molecule has 0 bridgehead atoms. The maximum absolute atomic E-state index is 3.57. The van der Waals surface area contributed by atoms with Crippen LogP contribution < -0.4 is 21.3 Å². The Morgan fingerprint density at radius 2 is 0.711 bits per heavy atom. The molecular formula is C34H38N4. The summed E-state index contributed by atoms with van der Waals surface area (Å²) in [5, 5.41) is 19.5. The van der Waals surface area contributed by atoms with Gasteiger partial charge in [-0.2, -0.15) is 0 Å². The number of hydrogen-bond donors (Lipinski definition) is 4. The topological polar surface area (TPSA) is 48.1 Å². The summed E-state index contributed by atoms with van der Waals surface area (Å²) in [6.45, 7) is 7.34. The van der Waals surface area contributed by atoms with E-state index in [1.165, 1.54) is 43.8 Å². The summed E-state index contributed by atoms with van der Waals surface area (Å²) in [5.41, 5.74) is 5.35. The van der Waals surface area contributed by atoms with Crippen LogP contribution in [0.3, 0.4) is 0 Å². The quantitative estimate of drug-likeness (QED) is 0.146. The summed E-state index contributed by atoms with van der Waals surface area (Å²) in [6.07, 6.45) is 0. The van der Waals surface area contributed by atoms with Crippen LogP contribution in [-0.2, 0) is 26.2 Å². The van der Waals surface area contributed by atoms with Gasteiger partial charge in [-0.25, -0.2) is 0 Å². The Morgan fingerprint density at radius 3 is 1.16 bits per heavy atom. The first-order valence-electron chi connectivity index (χ1n) is 13.7. The third-order valence-electron chi connectivity index (χ3n) is 7.03. The van der Waals surface area contributed by atoms with E-state index in [-0.39, 0.29) is 0 Å². The Balaban J connectivity index is 0.936. The summed E-state index contributed by atoms with van der Waals surface area (Å²) < 4.78 is 0. The van der Waals surface area contributed by atoms with E-state index >= 15 is 0 Å². The highest BCUT2D eigenvalue weighted by molar-refractivity contribution is 5.86. The highest BCUT2D eigenvalue weighted by Gasteiger charge is 2.01. The largest absolute Gasteiger partial charge is 0.311 e. The molecule has 0 spiro atoms. The molecule has 0 unspecified atom stereocenters. The lowest BCUT2D eigenvalue weighted by molar-refractivity contribution is 0.609. The standard InChI is InChI=1S/C34H38N4/c1-3-13-33-29(7-1)9-5-11-31(33)25-37-21-19-35-23-27-15-17-28(18-16-27)24-36-20-22-38-26-32-12-6-10-30-8-2-4-14-34(30)32/h1-18,35-38H,19-26H2. The van der Waals surface area contributed by atoms with Gasteiger partial charge in [0, 0.05) is 52.4 Å². The SMILES string of the molecule is c1ccc2c(CNCCNCc3ccc(CNCCNCc4cccc5ccccc45)cc3)cccc2c1. The Kier molecular flexibility index (Phi) is 9.50. The van der Waals surface area contributed by atoms with Gasteiger partial charge in [-0.15, -0.1) is 0 Å². The van der Waals surface area contributed by atoms with Crippen LogP contribution in [0.2, 0.25) is 0 Å². The molecular weight excluding hydrogens is 464 g/mol. The lowest BCUT2D eigenvalue weighted by Crippen LogP contribution is -2.27. The van der Waals surface area contributed by atoms with Crippen molar-refractivity contribution in [3.63, 3.8) is 0 Å². The maximum Gasteiger partial charge on any atom is 0.0212 e. The molecule has 0 aliphatic rings. The molecule has 4 heteroatoms. The molecule has 0 aliphatic heterocycles. The Labute approximate surface area is 226 Å². The first-order chi connectivity index (χ1) is 18.9. The number of rotatable bonds is 14. The lowest BCUT2D eigenvalue weighted by atomic mass is 10.0. The van der Waals surface area contributed by atoms with E-state index in [0.717, 1.165) is 52.4 Å². The summed E-state index contributed by atoms with van der Waals surface area (Å²) in [7, 11) is 0. The normalized spacial score (nSPS) is 11.4. The van der Waals surface area contributed by atoms with Crippen molar-refractivity contribution in [3.05, 3.63) is 131 Å². The molecule has 5 aromatic carbocycles. The molecule has 4 N–H and O–H groups in total. The average molecular weight is 503 g/mol. The minimum Gasteiger partial charge on any atom is -0.311 e. The van der Waals surface area contributed by atoms with Crippen molar-refractivity contribution in [2.24, 2.45) is 0 Å². The molecule has 0 aliphatic carbocycles. The van der Waals surface area contributed by atoms with Gasteiger partial charge in [0.1, 0.15) is 0 Å². The van der Waals surface area contributed by atoms with Gasteiger partial charge in [0.2, 0.25) is 0 Å². The van der Waals surface area contributed by atoms with Crippen molar-refractivity contribution < 1.29 is 0 Å². The van der Waals surface area contributed by atoms with Crippen LogP contribution in [0.1, 0.15) is 22.3 Å². The zero-order valence-electron chi connectivity index (χ0n) is 22.0. The smallest absolute Gasteiger partial charge is 0.0212 e. The third kappa shape index (κ3) is 7.27. The molecule has 0 amide bonds. The van der Waals surface area contributed by atoms with Crippen LogP contribution in [0.25, 0.3) is 21.5 Å². The molecule has 38 heavy (non-hydrogen) atoms. The second-order valence-corrected chi connectivity index (χ2v) is 9.80. The lowest BCUT2D eigenvalue weighted by Gasteiger charge is -2.10. The van der Waals surface area contributed by atoms with Crippen LogP contribution in [-0.4, -0.2) is 26.2 Å². The van der Waals surface area contributed by atoms with Crippen molar-refractivity contribution in [1.82, 2.24) is 21.3 Å². The molecule has 5 aromatic rings. The van der Waals surface area contributed by atoms with Gasteiger partial charge < -0.3 is 21.3 Å². The van der Waals surface area contributed by atoms with Crippen LogP contribution in [0.4, 0.5) is 0 Å². The van der Waals surface area contributed by atoms with Gasteiger partial charge in [0.15, 0.2) is 0 Å². The average Bonchev–Trinajstić information content (AvgIpc) is 2.97. The second-order valence-electron chi connectivity index (χ2n) is 9.80. The molecule has 0 atom stereocenters. The fourth-order valence-corrected chi connectivity index (χ4v) is 4.93. The third-order valence-corrected chi connectivity index (χ3v) is 7.03. The van der Waals surface area contributed by atoms with E-state index in [1.54, 1.807) is 0 Å². The first-order valence-corrected chi connectivity index (χ1v) is 13.7. The van der Waals surface area contributed by atoms with Crippen LogP contribution in [0.15, 0.2) is 109 Å². The monoisotopic (exact) mass is 502 g/mol. The predicted molar refractivity (Wildman–Crippen MR) is 161 cm³/mol. The van der Waals surface area contributed by atoms with E-state index in [9.17, 15) is 0 Å².